The zero-order valence-corrected chi connectivity index (χ0v) is 13.6. The third kappa shape index (κ3) is 5.29. The summed E-state index contributed by atoms with van der Waals surface area (Å²) in [6.07, 6.45) is 2.41. The maximum absolute atomic E-state index is 12.2. The number of aliphatic carboxylic acids is 1. The normalized spacial score (nSPS) is 21.7. The van der Waals surface area contributed by atoms with Crippen molar-refractivity contribution in [2.24, 2.45) is 5.92 Å². The summed E-state index contributed by atoms with van der Waals surface area (Å²) in [5.41, 5.74) is -0.215. The number of carbonyl (C=O) groups is 2. The number of amides is 1. The molecule has 1 heterocycles. The molecule has 1 amide bonds. The highest BCUT2D eigenvalue weighted by Gasteiger charge is 2.32. The summed E-state index contributed by atoms with van der Waals surface area (Å²) in [6, 6.07) is -0.270. The molecule has 118 valence electrons. The number of nitrogens with one attached hydrogen (secondary N) is 1. The molecule has 2 N–H and O–H groups in total. The maximum atomic E-state index is 12.2. The monoisotopic (exact) mass is 306 g/mol. The van der Waals surface area contributed by atoms with Crippen LogP contribution in [0.2, 0.25) is 0 Å². The van der Waals surface area contributed by atoms with Crippen LogP contribution in [0.4, 0.5) is 0 Å². The quantitative estimate of drug-likeness (QED) is 0.814. The molecule has 1 rings (SSSR count). The van der Waals surface area contributed by atoms with Crippen LogP contribution in [0.25, 0.3) is 0 Å². The first kappa shape index (κ1) is 19.2. The fourth-order valence-corrected chi connectivity index (χ4v) is 2.25. The lowest BCUT2D eigenvalue weighted by molar-refractivity contribution is -0.145. The van der Waals surface area contributed by atoms with Crippen LogP contribution in [0.5, 0.6) is 0 Å². The first-order chi connectivity index (χ1) is 8.76. The van der Waals surface area contributed by atoms with E-state index in [4.69, 9.17) is 5.11 Å². The van der Waals surface area contributed by atoms with Gasteiger partial charge in [0.25, 0.3) is 0 Å². The second-order valence-electron chi connectivity index (χ2n) is 6.07. The van der Waals surface area contributed by atoms with Crippen molar-refractivity contribution >= 4 is 24.3 Å². The molecule has 0 aromatic heterocycles. The van der Waals surface area contributed by atoms with Crippen molar-refractivity contribution in [2.45, 2.75) is 58.5 Å². The summed E-state index contributed by atoms with van der Waals surface area (Å²) in [5, 5.41) is 12.1. The SMILES string of the molecule is CCC(C)(C)NC(=O)C(C)N1CCCC(C(=O)O)C1.Cl. The van der Waals surface area contributed by atoms with Gasteiger partial charge in [-0.15, -0.1) is 12.4 Å². The average Bonchev–Trinajstić information content (AvgIpc) is 2.37. The molecule has 2 unspecified atom stereocenters. The first-order valence-corrected chi connectivity index (χ1v) is 7.05. The molecule has 0 aromatic carbocycles. The van der Waals surface area contributed by atoms with Crippen molar-refractivity contribution in [2.75, 3.05) is 13.1 Å². The van der Waals surface area contributed by atoms with E-state index in [1.807, 2.05) is 32.6 Å². The van der Waals surface area contributed by atoms with Crippen LogP contribution in [-0.4, -0.2) is 46.6 Å². The number of rotatable bonds is 5. The Bertz CT molecular complexity index is 347. The lowest BCUT2D eigenvalue weighted by Crippen LogP contribution is -2.54. The van der Waals surface area contributed by atoms with E-state index < -0.39 is 5.97 Å². The van der Waals surface area contributed by atoms with E-state index in [-0.39, 0.29) is 35.8 Å². The van der Waals surface area contributed by atoms with Gasteiger partial charge in [-0.3, -0.25) is 14.5 Å². The molecule has 1 fully saturated rings. The van der Waals surface area contributed by atoms with Gasteiger partial charge in [-0.05, 0) is 46.6 Å². The van der Waals surface area contributed by atoms with Gasteiger partial charge >= 0.3 is 5.97 Å². The highest BCUT2D eigenvalue weighted by atomic mass is 35.5. The van der Waals surface area contributed by atoms with Gasteiger partial charge in [0.15, 0.2) is 0 Å². The third-order valence-electron chi connectivity index (χ3n) is 4.07. The van der Waals surface area contributed by atoms with Crippen molar-refractivity contribution < 1.29 is 14.7 Å². The van der Waals surface area contributed by atoms with Gasteiger partial charge in [-0.2, -0.15) is 0 Å². The van der Waals surface area contributed by atoms with Crippen LogP contribution in [0.1, 0.15) is 47.0 Å². The summed E-state index contributed by atoms with van der Waals surface area (Å²) in [4.78, 5) is 25.2. The number of halogens is 1. The number of carboxylic acids is 1. The number of nitrogens with zero attached hydrogens (tertiary/aromatic N) is 1. The Hall–Kier alpha value is -0.810. The van der Waals surface area contributed by atoms with Crippen molar-refractivity contribution in [3.63, 3.8) is 0 Å². The van der Waals surface area contributed by atoms with Gasteiger partial charge in [0.05, 0.1) is 12.0 Å². The molecule has 0 spiro atoms. The Kier molecular flexibility index (Phi) is 7.52. The predicted molar refractivity (Wildman–Crippen MR) is 81.2 cm³/mol. The molecule has 0 aromatic rings. The molecule has 5 nitrogen and oxygen atoms in total. The van der Waals surface area contributed by atoms with Crippen LogP contribution in [0.3, 0.4) is 0 Å². The number of likely N-dealkylation sites (tertiary alicyclic amines) is 1. The minimum Gasteiger partial charge on any atom is -0.481 e. The molecule has 1 aliphatic rings. The van der Waals surface area contributed by atoms with E-state index in [1.165, 1.54) is 0 Å². The van der Waals surface area contributed by atoms with Gasteiger partial charge in [-0.25, -0.2) is 0 Å². The highest BCUT2D eigenvalue weighted by Crippen LogP contribution is 2.19. The lowest BCUT2D eigenvalue weighted by atomic mass is 9.96. The van der Waals surface area contributed by atoms with E-state index in [1.54, 1.807) is 0 Å². The Morgan fingerprint density at radius 2 is 2.05 bits per heavy atom. The van der Waals surface area contributed by atoms with Gasteiger partial charge in [-0.1, -0.05) is 6.92 Å². The van der Waals surface area contributed by atoms with E-state index in [9.17, 15) is 9.59 Å². The minimum absolute atomic E-state index is 0. The third-order valence-corrected chi connectivity index (χ3v) is 4.07. The van der Waals surface area contributed by atoms with Gasteiger partial charge in [0.1, 0.15) is 0 Å². The van der Waals surface area contributed by atoms with Crippen molar-refractivity contribution in [3.05, 3.63) is 0 Å². The van der Waals surface area contributed by atoms with Gasteiger partial charge in [0, 0.05) is 12.1 Å². The second-order valence-corrected chi connectivity index (χ2v) is 6.07. The van der Waals surface area contributed by atoms with Crippen LogP contribution < -0.4 is 5.32 Å². The molecule has 0 saturated carbocycles. The summed E-state index contributed by atoms with van der Waals surface area (Å²) in [5.74, 6) is -1.12. The second kappa shape index (κ2) is 7.84. The fourth-order valence-electron chi connectivity index (χ4n) is 2.25. The molecule has 0 radical (unpaired) electrons. The molecule has 1 saturated heterocycles. The topological polar surface area (TPSA) is 69.6 Å². The van der Waals surface area contributed by atoms with Crippen LogP contribution in [0, 0.1) is 5.92 Å². The summed E-state index contributed by atoms with van der Waals surface area (Å²) >= 11 is 0. The van der Waals surface area contributed by atoms with Crippen LogP contribution >= 0.6 is 12.4 Å². The Morgan fingerprint density at radius 1 is 1.45 bits per heavy atom. The van der Waals surface area contributed by atoms with Gasteiger partial charge < -0.3 is 10.4 Å². The zero-order chi connectivity index (χ0) is 14.6. The molecule has 0 aliphatic carbocycles. The number of carbonyl (C=O) groups excluding carboxylic acids is 1. The molecule has 1 aliphatic heterocycles. The Morgan fingerprint density at radius 3 is 2.55 bits per heavy atom. The Balaban J connectivity index is 0.00000361. The van der Waals surface area contributed by atoms with Crippen LogP contribution in [-0.2, 0) is 9.59 Å². The van der Waals surface area contributed by atoms with E-state index in [2.05, 4.69) is 5.32 Å². The van der Waals surface area contributed by atoms with E-state index in [0.29, 0.717) is 13.0 Å². The molecule has 0 bridgehead atoms. The maximum Gasteiger partial charge on any atom is 0.307 e. The largest absolute Gasteiger partial charge is 0.481 e. The molecule has 20 heavy (non-hydrogen) atoms. The number of carboxylic acid groups (broad SMARTS) is 1. The average molecular weight is 307 g/mol. The van der Waals surface area contributed by atoms with Crippen molar-refractivity contribution in [1.29, 1.82) is 0 Å². The number of hydrogen-bond donors (Lipinski definition) is 2. The number of hydrogen-bond acceptors (Lipinski definition) is 3. The van der Waals surface area contributed by atoms with E-state index in [0.717, 1.165) is 19.4 Å². The van der Waals surface area contributed by atoms with Crippen LogP contribution in [0.15, 0.2) is 0 Å². The predicted octanol–water partition coefficient (Wildman–Crippen LogP) is 1.90. The van der Waals surface area contributed by atoms with Gasteiger partial charge in [0.2, 0.25) is 5.91 Å². The highest BCUT2D eigenvalue weighted by molar-refractivity contribution is 5.85. The fraction of sp³-hybridized carbons (Fsp3) is 0.857. The van der Waals surface area contributed by atoms with Crippen molar-refractivity contribution in [1.82, 2.24) is 10.2 Å². The van der Waals surface area contributed by atoms with Crippen molar-refractivity contribution in [3.8, 4) is 0 Å². The molecular weight excluding hydrogens is 280 g/mol. The molecule has 6 heteroatoms. The molecular formula is C14H27ClN2O3. The summed E-state index contributed by atoms with van der Waals surface area (Å²) < 4.78 is 0. The molecule has 2 atom stereocenters. The Labute approximate surface area is 127 Å². The summed E-state index contributed by atoms with van der Waals surface area (Å²) in [7, 11) is 0. The van der Waals surface area contributed by atoms with E-state index >= 15 is 0 Å². The standard InChI is InChI=1S/C14H26N2O3.ClH/c1-5-14(3,4)15-12(17)10(2)16-8-6-7-11(9-16)13(18)19;/h10-11H,5-9H2,1-4H3,(H,15,17)(H,18,19);1H. The lowest BCUT2D eigenvalue weighted by Gasteiger charge is -2.36. The first-order valence-electron chi connectivity index (χ1n) is 7.05. The minimum atomic E-state index is -0.758. The smallest absolute Gasteiger partial charge is 0.307 e. The zero-order valence-electron chi connectivity index (χ0n) is 12.8. The summed E-state index contributed by atoms with van der Waals surface area (Å²) in [6.45, 7) is 9.14. The number of piperidine rings is 1.